The Bertz CT molecular complexity index is 522. The van der Waals surface area contributed by atoms with Crippen molar-refractivity contribution in [2.24, 2.45) is 16.8 Å². The summed E-state index contributed by atoms with van der Waals surface area (Å²) < 4.78 is 12.2. The fourth-order valence-corrected chi connectivity index (χ4v) is 4.39. The minimum atomic E-state index is -0.965. The Kier molecular flexibility index (Phi) is 7.09. The molecule has 0 radical (unpaired) electrons. The van der Waals surface area contributed by atoms with Crippen molar-refractivity contribution < 1.29 is 4.21 Å². The van der Waals surface area contributed by atoms with Gasteiger partial charge in [0.2, 0.25) is 0 Å². The van der Waals surface area contributed by atoms with Gasteiger partial charge >= 0.3 is 0 Å². The average Bonchev–Trinajstić information content (AvgIpc) is 2.53. The highest BCUT2D eigenvalue weighted by Crippen LogP contribution is 2.28. The minimum absolute atomic E-state index is 0.486. The Morgan fingerprint density at radius 3 is 2.43 bits per heavy atom. The van der Waals surface area contributed by atoms with Crippen LogP contribution in [0.1, 0.15) is 33.1 Å². The molecule has 1 aliphatic rings. The maximum absolute atomic E-state index is 12.2. The molecule has 0 spiro atoms. The van der Waals surface area contributed by atoms with Gasteiger partial charge in [-0.15, -0.1) is 0 Å². The van der Waals surface area contributed by atoms with Crippen LogP contribution in [0.4, 0.5) is 0 Å². The quantitative estimate of drug-likeness (QED) is 0.643. The zero-order valence-corrected chi connectivity index (χ0v) is 15.2. The van der Waals surface area contributed by atoms with Crippen molar-refractivity contribution in [1.29, 1.82) is 0 Å². The van der Waals surface area contributed by atoms with Gasteiger partial charge in [-0.2, -0.15) is 0 Å². The van der Waals surface area contributed by atoms with Gasteiger partial charge in [0.1, 0.15) is 0 Å². The first-order valence-corrected chi connectivity index (χ1v) is 9.81. The van der Waals surface area contributed by atoms with Crippen molar-refractivity contribution in [3.63, 3.8) is 0 Å². The molecule has 0 bridgehead atoms. The van der Waals surface area contributed by atoms with Crippen LogP contribution in [0.5, 0.6) is 0 Å². The van der Waals surface area contributed by atoms with E-state index in [9.17, 15) is 4.21 Å². The molecule has 0 heterocycles. The summed E-state index contributed by atoms with van der Waals surface area (Å²) in [5.41, 5.74) is 0. The fourth-order valence-electron chi connectivity index (χ4n) is 3.41. The van der Waals surface area contributed by atoms with Crippen molar-refractivity contribution in [2.45, 2.75) is 44.0 Å². The summed E-state index contributed by atoms with van der Waals surface area (Å²) in [5, 5.41) is 6.81. The van der Waals surface area contributed by atoms with Crippen LogP contribution < -0.4 is 10.6 Å². The molecular weight excluding hydrogens is 306 g/mol. The number of hydrogen-bond donors (Lipinski definition) is 2. The highest BCUT2D eigenvalue weighted by Gasteiger charge is 2.24. The van der Waals surface area contributed by atoms with Crippen LogP contribution in [-0.4, -0.2) is 35.6 Å². The molecule has 1 aromatic rings. The predicted octanol–water partition coefficient (Wildman–Crippen LogP) is 2.78. The zero-order chi connectivity index (χ0) is 16.7. The van der Waals surface area contributed by atoms with Crippen molar-refractivity contribution in [2.75, 3.05) is 19.3 Å². The first-order valence-electron chi connectivity index (χ1n) is 8.49. The summed E-state index contributed by atoms with van der Waals surface area (Å²) in [6.07, 6.45) is 3.71. The SMILES string of the molecule is CN=C(NCCS(=O)c1ccccc1)NC1CC(C)CC(C)C1. The lowest BCUT2D eigenvalue weighted by Gasteiger charge is -2.32. The number of rotatable bonds is 5. The van der Waals surface area contributed by atoms with Crippen LogP contribution in [0.3, 0.4) is 0 Å². The molecule has 3 unspecified atom stereocenters. The van der Waals surface area contributed by atoms with Crippen molar-refractivity contribution in [1.82, 2.24) is 10.6 Å². The normalized spacial score (nSPS) is 26.6. The molecule has 1 saturated carbocycles. The van der Waals surface area contributed by atoms with Gasteiger partial charge in [0, 0.05) is 30.3 Å². The van der Waals surface area contributed by atoms with E-state index in [1.54, 1.807) is 7.05 Å². The maximum atomic E-state index is 12.2. The molecule has 0 aromatic heterocycles. The van der Waals surface area contributed by atoms with E-state index in [1.807, 2.05) is 30.3 Å². The largest absolute Gasteiger partial charge is 0.355 e. The van der Waals surface area contributed by atoms with Gasteiger partial charge in [-0.05, 0) is 43.2 Å². The molecule has 2 rings (SSSR count). The number of benzene rings is 1. The lowest BCUT2D eigenvalue weighted by molar-refractivity contribution is 0.255. The van der Waals surface area contributed by atoms with Gasteiger partial charge in [-0.3, -0.25) is 9.20 Å². The van der Waals surface area contributed by atoms with Gasteiger partial charge in [-0.25, -0.2) is 0 Å². The third-order valence-corrected chi connectivity index (χ3v) is 5.70. The van der Waals surface area contributed by atoms with E-state index in [0.29, 0.717) is 18.3 Å². The smallest absolute Gasteiger partial charge is 0.191 e. The Morgan fingerprint density at radius 2 is 1.83 bits per heavy atom. The molecule has 128 valence electrons. The maximum Gasteiger partial charge on any atom is 0.191 e. The summed E-state index contributed by atoms with van der Waals surface area (Å²) >= 11 is 0. The number of nitrogens with one attached hydrogen (secondary N) is 2. The van der Waals surface area contributed by atoms with E-state index in [1.165, 1.54) is 19.3 Å². The van der Waals surface area contributed by atoms with Gasteiger partial charge in [0.25, 0.3) is 0 Å². The zero-order valence-electron chi connectivity index (χ0n) is 14.4. The second-order valence-electron chi connectivity index (χ2n) is 6.62. The molecule has 2 N–H and O–H groups in total. The minimum Gasteiger partial charge on any atom is -0.355 e. The molecular formula is C18H29N3OS. The Balaban J connectivity index is 1.76. The van der Waals surface area contributed by atoms with Gasteiger partial charge in [0.05, 0.1) is 10.8 Å². The highest BCUT2D eigenvalue weighted by molar-refractivity contribution is 7.85. The summed E-state index contributed by atoms with van der Waals surface area (Å²) in [7, 11) is 0.826. The fraction of sp³-hybridized carbons (Fsp3) is 0.611. The first-order chi connectivity index (χ1) is 11.1. The van der Waals surface area contributed by atoms with E-state index in [4.69, 9.17) is 0 Å². The standard InChI is InChI=1S/C18H29N3OS/c1-14-11-15(2)13-16(12-14)21-18(19-3)20-9-10-23(22)17-7-5-4-6-8-17/h4-8,14-16H,9-13H2,1-3H3,(H2,19,20,21). The molecule has 0 amide bonds. The molecule has 4 nitrogen and oxygen atoms in total. The molecule has 1 fully saturated rings. The second kappa shape index (κ2) is 9.06. The third-order valence-electron chi connectivity index (χ3n) is 4.33. The molecule has 1 aliphatic carbocycles. The van der Waals surface area contributed by atoms with Crippen LogP contribution in [0.2, 0.25) is 0 Å². The lowest BCUT2D eigenvalue weighted by Crippen LogP contribution is -2.47. The number of aliphatic imine (C=N–C) groups is 1. The van der Waals surface area contributed by atoms with Gasteiger partial charge in [-0.1, -0.05) is 32.0 Å². The van der Waals surface area contributed by atoms with E-state index in [-0.39, 0.29) is 0 Å². The lowest BCUT2D eigenvalue weighted by atomic mass is 9.80. The van der Waals surface area contributed by atoms with Crippen LogP contribution in [0, 0.1) is 11.8 Å². The summed E-state index contributed by atoms with van der Waals surface area (Å²) in [6, 6.07) is 10.1. The van der Waals surface area contributed by atoms with Crippen molar-refractivity contribution in [3.8, 4) is 0 Å². The molecule has 3 atom stereocenters. The van der Waals surface area contributed by atoms with E-state index >= 15 is 0 Å². The van der Waals surface area contributed by atoms with Crippen LogP contribution in [-0.2, 0) is 10.8 Å². The predicted molar refractivity (Wildman–Crippen MR) is 98.2 cm³/mol. The highest BCUT2D eigenvalue weighted by atomic mass is 32.2. The number of nitrogens with zero attached hydrogens (tertiary/aromatic N) is 1. The summed E-state index contributed by atoms with van der Waals surface area (Å²) in [4.78, 5) is 5.18. The van der Waals surface area contributed by atoms with Crippen LogP contribution in [0.25, 0.3) is 0 Å². The summed E-state index contributed by atoms with van der Waals surface area (Å²) in [5.74, 6) is 2.93. The van der Waals surface area contributed by atoms with Crippen LogP contribution in [0.15, 0.2) is 40.2 Å². The second-order valence-corrected chi connectivity index (χ2v) is 8.19. The molecule has 1 aromatic carbocycles. The van der Waals surface area contributed by atoms with E-state index < -0.39 is 10.8 Å². The van der Waals surface area contributed by atoms with Gasteiger partial charge < -0.3 is 10.6 Å². The Morgan fingerprint density at radius 1 is 1.17 bits per heavy atom. The number of hydrogen-bond acceptors (Lipinski definition) is 2. The first kappa shape index (κ1) is 18.0. The van der Waals surface area contributed by atoms with Crippen molar-refractivity contribution >= 4 is 16.8 Å². The molecule has 0 aliphatic heterocycles. The van der Waals surface area contributed by atoms with Crippen molar-refractivity contribution in [3.05, 3.63) is 30.3 Å². The average molecular weight is 336 g/mol. The van der Waals surface area contributed by atoms with Gasteiger partial charge in [0.15, 0.2) is 5.96 Å². The Labute approximate surface area is 142 Å². The topological polar surface area (TPSA) is 53.5 Å². The summed E-state index contributed by atoms with van der Waals surface area (Å²) in [6.45, 7) is 5.30. The van der Waals surface area contributed by atoms with Crippen LogP contribution >= 0.6 is 0 Å². The molecule has 5 heteroatoms. The third kappa shape index (κ3) is 5.98. The molecule has 23 heavy (non-hydrogen) atoms. The Hall–Kier alpha value is -1.36. The monoisotopic (exact) mass is 335 g/mol. The molecule has 0 saturated heterocycles. The number of guanidine groups is 1. The van der Waals surface area contributed by atoms with E-state index in [0.717, 1.165) is 22.7 Å². The van der Waals surface area contributed by atoms with E-state index in [2.05, 4.69) is 29.5 Å².